The molecule has 1 N–H and O–H groups in total. The molecule has 1 heterocycles. The molecular formula is C21H20ClFN4O2S. The maximum Gasteiger partial charge on any atom is 0.234 e. The Balaban J connectivity index is 1.62. The number of rotatable bonds is 9. The molecule has 3 rings (SSSR count). The Morgan fingerprint density at radius 2 is 2.07 bits per heavy atom. The minimum Gasteiger partial charge on any atom is -0.485 e. The summed E-state index contributed by atoms with van der Waals surface area (Å²) >= 11 is 7.22. The van der Waals surface area contributed by atoms with Crippen molar-refractivity contribution < 1.29 is 13.9 Å². The van der Waals surface area contributed by atoms with Gasteiger partial charge in [-0.15, -0.1) is 16.8 Å². The molecule has 3 aromatic rings. The van der Waals surface area contributed by atoms with E-state index in [2.05, 4.69) is 22.1 Å². The highest BCUT2D eigenvalue weighted by Gasteiger charge is 2.15. The normalized spacial score (nSPS) is 10.6. The van der Waals surface area contributed by atoms with Crippen LogP contribution in [0.3, 0.4) is 0 Å². The second-order valence-corrected chi connectivity index (χ2v) is 7.72. The van der Waals surface area contributed by atoms with Crippen molar-refractivity contribution in [3.63, 3.8) is 0 Å². The van der Waals surface area contributed by atoms with Gasteiger partial charge in [0, 0.05) is 17.3 Å². The average Bonchev–Trinajstić information content (AvgIpc) is 3.09. The Morgan fingerprint density at radius 1 is 1.30 bits per heavy atom. The molecule has 0 bridgehead atoms. The summed E-state index contributed by atoms with van der Waals surface area (Å²) in [5.74, 6) is 0.869. The molecule has 9 heteroatoms. The van der Waals surface area contributed by atoms with Crippen LogP contribution in [0.25, 0.3) is 0 Å². The van der Waals surface area contributed by atoms with Gasteiger partial charge in [-0.2, -0.15) is 0 Å². The smallest absolute Gasteiger partial charge is 0.234 e. The van der Waals surface area contributed by atoms with Crippen LogP contribution in [0, 0.1) is 12.7 Å². The Hall–Kier alpha value is -2.84. The highest BCUT2D eigenvalue weighted by Crippen LogP contribution is 2.24. The van der Waals surface area contributed by atoms with Gasteiger partial charge in [-0.3, -0.25) is 9.36 Å². The number of aryl methyl sites for hydroxylation is 1. The summed E-state index contributed by atoms with van der Waals surface area (Å²) in [6.45, 7) is 6.37. The fourth-order valence-corrected chi connectivity index (χ4v) is 3.62. The number of halogens is 2. The van der Waals surface area contributed by atoms with Crippen LogP contribution in [0.4, 0.5) is 10.1 Å². The Kier molecular flexibility index (Phi) is 7.48. The predicted molar refractivity (Wildman–Crippen MR) is 116 cm³/mol. The van der Waals surface area contributed by atoms with Gasteiger partial charge in [-0.25, -0.2) is 4.39 Å². The third-order valence-corrected chi connectivity index (χ3v) is 5.26. The van der Waals surface area contributed by atoms with Crippen LogP contribution in [-0.2, 0) is 17.9 Å². The molecule has 0 spiro atoms. The van der Waals surface area contributed by atoms with Crippen molar-refractivity contribution in [1.29, 1.82) is 0 Å². The van der Waals surface area contributed by atoms with Gasteiger partial charge in [0.05, 0.1) is 5.75 Å². The number of hydrogen-bond donors (Lipinski definition) is 1. The third kappa shape index (κ3) is 5.84. The summed E-state index contributed by atoms with van der Waals surface area (Å²) in [6, 6.07) is 11.0. The van der Waals surface area contributed by atoms with Crippen LogP contribution in [0.2, 0.25) is 5.02 Å². The number of thioether (sulfide) groups is 1. The molecule has 0 fully saturated rings. The lowest BCUT2D eigenvalue weighted by atomic mass is 10.2. The number of allylic oxidation sites excluding steroid dienone is 1. The molecule has 0 unspecified atom stereocenters. The monoisotopic (exact) mass is 446 g/mol. The first kappa shape index (κ1) is 21.9. The standard InChI is InChI=1S/C21H20ClFN4O2S/c1-3-10-27-19(12-29-18-9-4-15(22)11-14(18)2)25-26-21(27)30-13-20(28)24-17-7-5-16(23)6-8-17/h3-9,11H,1,10,12-13H2,2H3,(H,24,28). The van der Waals surface area contributed by atoms with Crippen LogP contribution in [0.5, 0.6) is 5.75 Å². The second-order valence-electron chi connectivity index (χ2n) is 6.34. The number of nitrogens with one attached hydrogen (secondary N) is 1. The Bertz CT molecular complexity index is 1040. The van der Waals surface area contributed by atoms with Crippen molar-refractivity contribution in [1.82, 2.24) is 14.8 Å². The number of benzene rings is 2. The number of nitrogens with zero attached hydrogens (tertiary/aromatic N) is 3. The first-order chi connectivity index (χ1) is 14.5. The molecule has 0 aliphatic rings. The van der Waals surface area contributed by atoms with E-state index in [0.717, 1.165) is 5.56 Å². The van der Waals surface area contributed by atoms with Crippen LogP contribution in [-0.4, -0.2) is 26.4 Å². The lowest BCUT2D eigenvalue weighted by Crippen LogP contribution is -2.15. The molecule has 30 heavy (non-hydrogen) atoms. The van der Waals surface area contributed by atoms with Gasteiger partial charge in [0.2, 0.25) is 5.91 Å². The van der Waals surface area contributed by atoms with E-state index >= 15 is 0 Å². The van der Waals surface area contributed by atoms with Gasteiger partial charge in [-0.1, -0.05) is 29.4 Å². The fraction of sp³-hybridized carbons (Fsp3) is 0.190. The van der Waals surface area contributed by atoms with E-state index < -0.39 is 0 Å². The van der Waals surface area contributed by atoms with Gasteiger partial charge in [0.15, 0.2) is 11.0 Å². The first-order valence-electron chi connectivity index (χ1n) is 9.06. The maximum absolute atomic E-state index is 13.0. The van der Waals surface area contributed by atoms with Crippen LogP contribution < -0.4 is 10.1 Å². The van der Waals surface area contributed by atoms with Gasteiger partial charge in [0.1, 0.15) is 18.2 Å². The molecule has 156 valence electrons. The largest absolute Gasteiger partial charge is 0.485 e. The summed E-state index contributed by atoms with van der Waals surface area (Å²) in [6.07, 6.45) is 1.73. The molecule has 2 aromatic carbocycles. The molecule has 0 saturated heterocycles. The zero-order valence-electron chi connectivity index (χ0n) is 16.3. The van der Waals surface area contributed by atoms with Crippen molar-refractivity contribution >= 4 is 35.0 Å². The molecule has 6 nitrogen and oxygen atoms in total. The van der Waals surface area contributed by atoms with E-state index in [0.29, 0.717) is 34.0 Å². The van der Waals surface area contributed by atoms with Gasteiger partial charge in [0.25, 0.3) is 0 Å². The summed E-state index contributed by atoms with van der Waals surface area (Å²) < 4.78 is 20.7. The summed E-state index contributed by atoms with van der Waals surface area (Å²) in [7, 11) is 0. The number of carbonyl (C=O) groups excluding carboxylic acids is 1. The van der Waals surface area contributed by atoms with Gasteiger partial charge < -0.3 is 10.1 Å². The SMILES string of the molecule is C=CCn1c(COc2ccc(Cl)cc2C)nnc1SCC(=O)Nc1ccc(F)cc1. The number of hydrogen-bond acceptors (Lipinski definition) is 5. The van der Waals surface area contributed by atoms with Crippen molar-refractivity contribution in [2.24, 2.45) is 0 Å². The molecule has 0 aliphatic heterocycles. The minimum atomic E-state index is -0.358. The van der Waals surface area contributed by atoms with Crippen LogP contribution >= 0.6 is 23.4 Å². The van der Waals surface area contributed by atoms with E-state index in [9.17, 15) is 9.18 Å². The van der Waals surface area contributed by atoms with E-state index in [1.54, 1.807) is 18.2 Å². The number of amides is 1. The van der Waals surface area contributed by atoms with Gasteiger partial charge >= 0.3 is 0 Å². The molecule has 0 saturated carbocycles. The van der Waals surface area contributed by atoms with Crippen LogP contribution in [0.15, 0.2) is 60.3 Å². The zero-order valence-corrected chi connectivity index (χ0v) is 17.8. The van der Waals surface area contributed by atoms with Crippen molar-refractivity contribution in [2.45, 2.75) is 25.2 Å². The molecule has 1 aromatic heterocycles. The second kappa shape index (κ2) is 10.3. The summed E-state index contributed by atoms with van der Waals surface area (Å²) in [5, 5.41) is 12.3. The fourth-order valence-electron chi connectivity index (χ4n) is 2.62. The van der Waals surface area contributed by atoms with Gasteiger partial charge in [-0.05, 0) is 55.0 Å². The highest BCUT2D eigenvalue weighted by atomic mass is 35.5. The van der Waals surface area contributed by atoms with Crippen molar-refractivity contribution in [3.8, 4) is 5.75 Å². The van der Waals surface area contributed by atoms with Crippen molar-refractivity contribution in [2.75, 3.05) is 11.1 Å². The average molecular weight is 447 g/mol. The molecule has 1 amide bonds. The minimum absolute atomic E-state index is 0.129. The summed E-state index contributed by atoms with van der Waals surface area (Å²) in [5.41, 5.74) is 1.45. The maximum atomic E-state index is 13.0. The molecule has 0 aliphatic carbocycles. The first-order valence-corrected chi connectivity index (χ1v) is 10.4. The van der Waals surface area contributed by atoms with E-state index in [1.807, 2.05) is 17.6 Å². The number of aromatic nitrogens is 3. The number of carbonyl (C=O) groups is 1. The Morgan fingerprint density at radius 3 is 2.77 bits per heavy atom. The molecule has 0 atom stereocenters. The number of ether oxygens (including phenoxy) is 1. The third-order valence-electron chi connectivity index (χ3n) is 4.06. The van der Waals surface area contributed by atoms with Crippen LogP contribution in [0.1, 0.15) is 11.4 Å². The van der Waals surface area contributed by atoms with E-state index in [1.165, 1.54) is 36.0 Å². The lowest BCUT2D eigenvalue weighted by Gasteiger charge is -2.11. The summed E-state index contributed by atoms with van der Waals surface area (Å²) in [4.78, 5) is 12.2. The van der Waals surface area contributed by atoms with E-state index in [-0.39, 0.29) is 24.1 Å². The predicted octanol–water partition coefficient (Wildman–Crippen LogP) is 4.87. The quantitative estimate of drug-likeness (QED) is 0.375. The Labute approximate surface area is 183 Å². The number of anilines is 1. The molecular weight excluding hydrogens is 427 g/mol. The zero-order chi connectivity index (χ0) is 21.5. The lowest BCUT2D eigenvalue weighted by molar-refractivity contribution is -0.113. The van der Waals surface area contributed by atoms with E-state index in [4.69, 9.17) is 16.3 Å². The highest BCUT2D eigenvalue weighted by molar-refractivity contribution is 7.99. The van der Waals surface area contributed by atoms with Crippen molar-refractivity contribution in [3.05, 3.63) is 77.3 Å². The topological polar surface area (TPSA) is 69.0 Å². The molecule has 0 radical (unpaired) electrons.